The number of ether oxygens (including phenoxy) is 1. The van der Waals surface area contributed by atoms with E-state index in [1.165, 1.54) is 0 Å². The fourth-order valence-electron chi connectivity index (χ4n) is 0.912. The predicted octanol–water partition coefficient (Wildman–Crippen LogP) is -0.760. The number of hydrogen-bond donors (Lipinski definition) is 2. The van der Waals surface area contributed by atoms with Gasteiger partial charge in [-0.25, -0.2) is 8.42 Å². The van der Waals surface area contributed by atoms with E-state index < -0.39 is 28.6 Å². The van der Waals surface area contributed by atoms with Crippen LogP contribution in [0.25, 0.3) is 0 Å². The van der Waals surface area contributed by atoms with E-state index in [1.807, 2.05) is 6.92 Å². The number of nitrogens with one attached hydrogen (secondary N) is 1. The third kappa shape index (κ3) is 5.71. The minimum absolute atomic E-state index is 0.0585. The maximum atomic E-state index is 11.3. The first-order chi connectivity index (χ1) is 6.96. The van der Waals surface area contributed by atoms with E-state index in [0.29, 0.717) is 6.42 Å². The topological polar surface area (TPSA) is 92.7 Å². The van der Waals surface area contributed by atoms with Crippen molar-refractivity contribution in [3.8, 4) is 0 Å². The summed E-state index contributed by atoms with van der Waals surface area (Å²) in [7, 11) is -2.39. The summed E-state index contributed by atoms with van der Waals surface area (Å²) < 4.78 is 29.1. The van der Waals surface area contributed by atoms with Gasteiger partial charge in [-0.3, -0.25) is 4.79 Å². The van der Waals surface area contributed by atoms with E-state index in [1.54, 1.807) is 0 Å². The number of hydrogen-bond acceptors (Lipinski definition) is 5. The summed E-state index contributed by atoms with van der Waals surface area (Å²) in [5, 5.41) is 8.79. The van der Waals surface area contributed by atoms with Crippen LogP contribution >= 0.6 is 0 Å². The summed E-state index contributed by atoms with van der Waals surface area (Å²) in [5.74, 6) is -0.852. The Morgan fingerprint density at radius 2 is 2.13 bits per heavy atom. The van der Waals surface area contributed by atoms with Gasteiger partial charge in [-0.1, -0.05) is 13.3 Å². The molecule has 1 unspecified atom stereocenters. The average Bonchev–Trinajstić information content (AvgIpc) is 2.22. The highest BCUT2D eigenvalue weighted by atomic mass is 32.2. The molecule has 0 saturated carbocycles. The molecule has 0 aromatic heterocycles. The van der Waals surface area contributed by atoms with Crippen molar-refractivity contribution < 1.29 is 23.1 Å². The van der Waals surface area contributed by atoms with Gasteiger partial charge >= 0.3 is 5.97 Å². The van der Waals surface area contributed by atoms with Gasteiger partial charge in [0.15, 0.2) is 0 Å². The highest BCUT2D eigenvalue weighted by Crippen LogP contribution is 1.97. The van der Waals surface area contributed by atoms with Gasteiger partial charge in [-0.2, -0.15) is 4.72 Å². The van der Waals surface area contributed by atoms with Crippen molar-refractivity contribution in [2.24, 2.45) is 0 Å². The Hall–Kier alpha value is -0.660. The summed E-state index contributed by atoms with van der Waals surface area (Å²) in [6.07, 6.45) is 1.25. The molecule has 7 heteroatoms. The maximum absolute atomic E-state index is 11.3. The summed E-state index contributed by atoms with van der Waals surface area (Å²) in [5.41, 5.74) is 0. The molecule has 0 aromatic carbocycles. The SMILES string of the molecule is CCCCS(=O)(=O)NC(CO)C(=O)OC. The third-order valence-corrected chi connectivity index (χ3v) is 3.23. The van der Waals surface area contributed by atoms with Crippen molar-refractivity contribution in [3.63, 3.8) is 0 Å². The lowest BCUT2D eigenvalue weighted by Gasteiger charge is -2.13. The number of carbonyl (C=O) groups is 1. The van der Waals surface area contributed by atoms with Crippen molar-refractivity contribution in [3.05, 3.63) is 0 Å². The Balaban J connectivity index is 4.34. The van der Waals surface area contributed by atoms with Crippen LogP contribution in [0.3, 0.4) is 0 Å². The molecule has 0 radical (unpaired) electrons. The lowest BCUT2D eigenvalue weighted by atomic mass is 10.3. The van der Waals surface area contributed by atoms with Crippen LogP contribution in [0, 0.1) is 0 Å². The van der Waals surface area contributed by atoms with Gasteiger partial charge in [0.2, 0.25) is 10.0 Å². The molecule has 0 bridgehead atoms. The molecule has 6 nitrogen and oxygen atoms in total. The van der Waals surface area contributed by atoms with Gasteiger partial charge in [0.1, 0.15) is 6.04 Å². The molecule has 0 spiro atoms. The van der Waals surface area contributed by atoms with Gasteiger partial charge < -0.3 is 9.84 Å². The maximum Gasteiger partial charge on any atom is 0.326 e. The lowest BCUT2D eigenvalue weighted by molar-refractivity contribution is -0.143. The van der Waals surface area contributed by atoms with Crippen LogP contribution in [-0.2, 0) is 19.6 Å². The molecule has 15 heavy (non-hydrogen) atoms. The van der Waals surface area contributed by atoms with Crippen molar-refractivity contribution in [1.29, 1.82) is 0 Å². The Morgan fingerprint density at radius 1 is 1.53 bits per heavy atom. The van der Waals surface area contributed by atoms with Gasteiger partial charge in [-0.05, 0) is 6.42 Å². The number of aliphatic hydroxyl groups excluding tert-OH is 1. The van der Waals surface area contributed by atoms with Crippen LogP contribution < -0.4 is 4.72 Å². The first-order valence-corrected chi connectivity index (χ1v) is 6.30. The largest absolute Gasteiger partial charge is 0.468 e. The zero-order chi connectivity index (χ0) is 11.9. The number of unbranched alkanes of at least 4 members (excludes halogenated alkanes) is 1. The molecular formula is C8H17NO5S. The van der Waals surface area contributed by atoms with Gasteiger partial charge in [0.25, 0.3) is 0 Å². The number of rotatable bonds is 7. The number of aliphatic hydroxyl groups is 1. The minimum Gasteiger partial charge on any atom is -0.468 e. The Kier molecular flexibility index (Phi) is 6.46. The molecule has 0 saturated heterocycles. The number of carbonyl (C=O) groups excluding carboxylic acids is 1. The van der Waals surface area contributed by atoms with E-state index in [-0.39, 0.29) is 5.75 Å². The van der Waals surface area contributed by atoms with Crippen LogP contribution in [0.15, 0.2) is 0 Å². The molecule has 0 heterocycles. The van der Waals surface area contributed by atoms with Gasteiger partial charge in [0.05, 0.1) is 19.5 Å². The normalized spacial score (nSPS) is 13.5. The van der Waals surface area contributed by atoms with Crippen molar-refractivity contribution in [1.82, 2.24) is 4.72 Å². The standard InChI is InChI=1S/C8H17NO5S/c1-3-4-5-15(12,13)9-7(6-10)8(11)14-2/h7,9-10H,3-6H2,1-2H3. The third-order valence-electron chi connectivity index (χ3n) is 1.76. The van der Waals surface area contributed by atoms with Crippen molar-refractivity contribution in [2.45, 2.75) is 25.8 Å². The van der Waals surface area contributed by atoms with Crippen molar-refractivity contribution in [2.75, 3.05) is 19.5 Å². The van der Waals surface area contributed by atoms with Crippen LogP contribution in [-0.4, -0.2) is 45.0 Å². The molecular weight excluding hydrogens is 222 g/mol. The minimum atomic E-state index is -3.52. The molecule has 1 atom stereocenters. The lowest BCUT2D eigenvalue weighted by Crippen LogP contribution is -2.44. The average molecular weight is 239 g/mol. The summed E-state index contributed by atoms with van der Waals surface area (Å²) in [4.78, 5) is 11.0. The molecule has 0 aliphatic carbocycles. The Morgan fingerprint density at radius 3 is 2.53 bits per heavy atom. The molecule has 2 N–H and O–H groups in total. The van der Waals surface area contributed by atoms with Crippen LogP contribution in [0.5, 0.6) is 0 Å². The second-order valence-corrected chi connectivity index (χ2v) is 4.92. The fourth-order valence-corrected chi connectivity index (χ4v) is 2.30. The van der Waals surface area contributed by atoms with E-state index in [0.717, 1.165) is 13.5 Å². The molecule has 0 fully saturated rings. The first kappa shape index (κ1) is 14.3. The zero-order valence-electron chi connectivity index (χ0n) is 8.89. The van der Waals surface area contributed by atoms with Crippen LogP contribution in [0.2, 0.25) is 0 Å². The van der Waals surface area contributed by atoms with Crippen molar-refractivity contribution >= 4 is 16.0 Å². The molecule has 0 aliphatic rings. The highest BCUT2D eigenvalue weighted by Gasteiger charge is 2.23. The summed E-state index contributed by atoms with van der Waals surface area (Å²) in [6, 6.07) is -1.21. The fraction of sp³-hybridized carbons (Fsp3) is 0.875. The number of sulfonamides is 1. The van der Waals surface area contributed by atoms with E-state index >= 15 is 0 Å². The summed E-state index contributed by atoms with van der Waals surface area (Å²) >= 11 is 0. The van der Waals surface area contributed by atoms with E-state index in [4.69, 9.17) is 5.11 Å². The van der Waals surface area contributed by atoms with Gasteiger partial charge in [0, 0.05) is 0 Å². The number of methoxy groups -OCH3 is 1. The molecule has 90 valence electrons. The summed E-state index contributed by atoms with van der Waals surface area (Å²) in [6.45, 7) is 1.25. The zero-order valence-corrected chi connectivity index (χ0v) is 9.71. The quantitative estimate of drug-likeness (QED) is 0.570. The molecule has 0 aromatic rings. The smallest absolute Gasteiger partial charge is 0.326 e. The Bertz CT molecular complexity index is 287. The second-order valence-electron chi connectivity index (χ2n) is 3.05. The van der Waals surface area contributed by atoms with Crippen LogP contribution in [0.1, 0.15) is 19.8 Å². The Labute approximate surface area is 89.7 Å². The first-order valence-electron chi connectivity index (χ1n) is 4.65. The molecule has 0 rings (SSSR count). The van der Waals surface area contributed by atoms with E-state index in [9.17, 15) is 13.2 Å². The predicted molar refractivity (Wildman–Crippen MR) is 54.7 cm³/mol. The van der Waals surface area contributed by atoms with Gasteiger partial charge in [-0.15, -0.1) is 0 Å². The monoisotopic (exact) mass is 239 g/mol. The second kappa shape index (κ2) is 6.76. The van der Waals surface area contributed by atoms with Crippen LogP contribution in [0.4, 0.5) is 0 Å². The molecule has 0 amide bonds. The number of esters is 1. The molecule has 0 aliphatic heterocycles. The highest BCUT2D eigenvalue weighted by molar-refractivity contribution is 7.89. The van der Waals surface area contributed by atoms with E-state index in [2.05, 4.69) is 9.46 Å².